The Bertz CT molecular complexity index is 332. The number of fused-ring (bicyclic) bond motifs is 1. The molecular formula is C13H21NO3. The quantitative estimate of drug-likeness (QED) is 0.766. The maximum atomic E-state index is 11.9. The van der Waals surface area contributed by atoms with Crippen LogP contribution in [0.5, 0.6) is 0 Å². The molecule has 2 rings (SSSR count). The van der Waals surface area contributed by atoms with E-state index in [0.29, 0.717) is 6.42 Å². The lowest BCUT2D eigenvalue weighted by molar-refractivity contribution is -0.148. The Hall–Kier alpha value is -1.06. The lowest BCUT2D eigenvalue weighted by Crippen LogP contribution is -2.42. The SMILES string of the molecule is CCC(C)(CNC(=O)C1CC2CC2C1)C(=O)O. The fourth-order valence-electron chi connectivity index (χ4n) is 2.71. The molecule has 3 unspecified atom stereocenters. The zero-order valence-corrected chi connectivity index (χ0v) is 10.5. The smallest absolute Gasteiger partial charge is 0.311 e. The standard InChI is InChI=1S/C13H21NO3/c1-3-13(2,12(16)17)7-14-11(15)10-5-8-4-9(8)6-10/h8-10H,3-7H2,1-2H3,(H,14,15)(H,16,17). The Labute approximate surface area is 102 Å². The van der Waals surface area contributed by atoms with Crippen molar-refractivity contribution in [1.82, 2.24) is 5.32 Å². The number of carboxylic acids is 1. The minimum atomic E-state index is -0.838. The van der Waals surface area contributed by atoms with Crippen LogP contribution in [-0.4, -0.2) is 23.5 Å². The highest BCUT2D eigenvalue weighted by atomic mass is 16.4. The van der Waals surface area contributed by atoms with Crippen LogP contribution in [0, 0.1) is 23.2 Å². The highest BCUT2D eigenvalue weighted by molar-refractivity contribution is 5.81. The van der Waals surface area contributed by atoms with Gasteiger partial charge in [-0.15, -0.1) is 0 Å². The van der Waals surface area contributed by atoms with E-state index in [1.165, 1.54) is 6.42 Å². The van der Waals surface area contributed by atoms with Crippen molar-refractivity contribution in [3.63, 3.8) is 0 Å². The predicted octanol–water partition coefficient (Wildman–Crippen LogP) is 1.65. The first-order valence-corrected chi connectivity index (χ1v) is 6.47. The molecule has 2 N–H and O–H groups in total. The molecule has 0 bridgehead atoms. The number of carbonyl (C=O) groups excluding carboxylic acids is 1. The Morgan fingerprint density at radius 1 is 1.29 bits per heavy atom. The number of hydrogen-bond donors (Lipinski definition) is 2. The van der Waals surface area contributed by atoms with Crippen molar-refractivity contribution >= 4 is 11.9 Å². The molecule has 0 aromatic heterocycles. The van der Waals surface area contributed by atoms with Crippen LogP contribution < -0.4 is 5.32 Å². The van der Waals surface area contributed by atoms with Crippen molar-refractivity contribution in [3.05, 3.63) is 0 Å². The van der Waals surface area contributed by atoms with E-state index in [1.807, 2.05) is 6.92 Å². The Morgan fingerprint density at radius 3 is 2.35 bits per heavy atom. The molecule has 4 heteroatoms. The van der Waals surface area contributed by atoms with Crippen LogP contribution in [0.15, 0.2) is 0 Å². The Morgan fingerprint density at radius 2 is 1.88 bits per heavy atom. The van der Waals surface area contributed by atoms with Crippen LogP contribution in [0.1, 0.15) is 39.5 Å². The molecule has 2 aliphatic carbocycles. The maximum absolute atomic E-state index is 11.9. The number of carboxylic acid groups (broad SMARTS) is 1. The van der Waals surface area contributed by atoms with E-state index in [0.717, 1.165) is 24.7 Å². The first-order chi connectivity index (χ1) is 7.96. The van der Waals surface area contributed by atoms with Gasteiger partial charge in [0.1, 0.15) is 0 Å². The van der Waals surface area contributed by atoms with E-state index in [4.69, 9.17) is 5.11 Å². The molecule has 17 heavy (non-hydrogen) atoms. The largest absolute Gasteiger partial charge is 0.481 e. The number of carbonyl (C=O) groups is 2. The lowest BCUT2D eigenvalue weighted by atomic mass is 9.87. The van der Waals surface area contributed by atoms with Crippen LogP contribution >= 0.6 is 0 Å². The summed E-state index contributed by atoms with van der Waals surface area (Å²) in [5.74, 6) is 0.909. The second-order valence-corrected chi connectivity index (χ2v) is 5.86. The first-order valence-electron chi connectivity index (χ1n) is 6.47. The van der Waals surface area contributed by atoms with E-state index in [1.54, 1.807) is 6.92 Å². The zero-order chi connectivity index (χ0) is 12.6. The average Bonchev–Trinajstić information content (AvgIpc) is 2.92. The van der Waals surface area contributed by atoms with E-state index in [-0.39, 0.29) is 18.4 Å². The second-order valence-electron chi connectivity index (χ2n) is 5.86. The molecule has 0 spiro atoms. The normalized spacial score (nSPS) is 33.6. The summed E-state index contributed by atoms with van der Waals surface area (Å²) < 4.78 is 0. The van der Waals surface area contributed by atoms with Crippen molar-refractivity contribution in [2.45, 2.75) is 39.5 Å². The monoisotopic (exact) mass is 239 g/mol. The van der Waals surface area contributed by atoms with Crippen molar-refractivity contribution in [1.29, 1.82) is 0 Å². The van der Waals surface area contributed by atoms with Gasteiger partial charge in [0, 0.05) is 12.5 Å². The molecule has 0 aliphatic heterocycles. The van der Waals surface area contributed by atoms with Crippen molar-refractivity contribution in [2.24, 2.45) is 23.2 Å². The van der Waals surface area contributed by atoms with Gasteiger partial charge in [-0.25, -0.2) is 0 Å². The lowest BCUT2D eigenvalue weighted by Gasteiger charge is -2.24. The van der Waals surface area contributed by atoms with Gasteiger partial charge in [0.25, 0.3) is 0 Å². The summed E-state index contributed by atoms with van der Waals surface area (Å²) in [6, 6.07) is 0. The van der Waals surface area contributed by atoms with Crippen molar-refractivity contribution in [2.75, 3.05) is 6.54 Å². The summed E-state index contributed by atoms with van der Waals surface area (Å²) in [5.41, 5.74) is -0.836. The van der Waals surface area contributed by atoms with Gasteiger partial charge in [-0.1, -0.05) is 6.92 Å². The predicted molar refractivity (Wildman–Crippen MR) is 63.4 cm³/mol. The minimum absolute atomic E-state index is 0.0538. The topological polar surface area (TPSA) is 66.4 Å². The highest BCUT2D eigenvalue weighted by Gasteiger charge is 2.48. The van der Waals surface area contributed by atoms with Crippen LogP contribution in [0.3, 0.4) is 0 Å². The molecule has 3 atom stereocenters. The van der Waals surface area contributed by atoms with Gasteiger partial charge in [-0.2, -0.15) is 0 Å². The van der Waals surface area contributed by atoms with Gasteiger partial charge in [-0.3, -0.25) is 9.59 Å². The summed E-state index contributed by atoms with van der Waals surface area (Å²) in [6.45, 7) is 3.76. The van der Waals surface area contributed by atoms with Crippen LogP contribution in [0.4, 0.5) is 0 Å². The molecule has 0 aromatic carbocycles. The first kappa shape index (κ1) is 12.4. The van der Waals surface area contributed by atoms with E-state index < -0.39 is 11.4 Å². The maximum Gasteiger partial charge on any atom is 0.311 e. The third-order valence-corrected chi connectivity index (χ3v) is 4.56. The fourth-order valence-corrected chi connectivity index (χ4v) is 2.71. The van der Waals surface area contributed by atoms with Gasteiger partial charge in [0.05, 0.1) is 5.41 Å². The molecule has 96 valence electrons. The number of amides is 1. The molecule has 2 fully saturated rings. The minimum Gasteiger partial charge on any atom is -0.481 e. The van der Waals surface area contributed by atoms with Gasteiger partial charge in [0.2, 0.25) is 5.91 Å². The Balaban J connectivity index is 1.81. The number of rotatable bonds is 5. The average molecular weight is 239 g/mol. The molecule has 0 aromatic rings. The summed E-state index contributed by atoms with van der Waals surface area (Å²) in [7, 11) is 0. The van der Waals surface area contributed by atoms with E-state index in [2.05, 4.69) is 5.32 Å². The van der Waals surface area contributed by atoms with E-state index in [9.17, 15) is 9.59 Å². The van der Waals surface area contributed by atoms with Crippen LogP contribution in [0.2, 0.25) is 0 Å². The summed E-state index contributed by atoms with van der Waals surface area (Å²) in [5, 5.41) is 11.9. The van der Waals surface area contributed by atoms with E-state index >= 15 is 0 Å². The molecule has 0 heterocycles. The zero-order valence-electron chi connectivity index (χ0n) is 10.5. The summed E-state index contributed by atoms with van der Waals surface area (Å²) in [4.78, 5) is 23.0. The van der Waals surface area contributed by atoms with Gasteiger partial charge in [0.15, 0.2) is 0 Å². The molecule has 0 saturated heterocycles. The number of hydrogen-bond acceptors (Lipinski definition) is 2. The van der Waals surface area contributed by atoms with Gasteiger partial charge in [-0.05, 0) is 44.4 Å². The van der Waals surface area contributed by atoms with Crippen LogP contribution in [0.25, 0.3) is 0 Å². The third-order valence-electron chi connectivity index (χ3n) is 4.56. The number of aliphatic carboxylic acids is 1. The van der Waals surface area contributed by atoms with Gasteiger partial charge >= 0.3 is 5.97 Å². The highest BCUT2D eigenvalue weighted by Crippen LogP contribution is 2.54. The van der Waals surface area contributed by atoms with Crippen molar-refractivity contribution < 1.29 is 14.7 Å². The molecule has 4 nitrogen and oxygen atoms in total. The third kappa shape index (κ3) is 2.45. The Kier molecular flexibility index (Phi) is 3.15. The summed E-state index contributed by atoms with van der Waals surface area (Å²) in [6.07, 6.45) is 3.84. The van der Waals surface area contributed by atoms with Crippen LogP contribution in [-0.2, 0) is 9.59 Å². The molecule has 2 aliphatic rings. The van der Waals surface area contributed by atoms with Gasteiger partial charge < -0.3 is 10.4 Å². The molecule has 0 radical (unpaired) electrons. The number of nitrogens with one attached hydrogen (secondary N) is 1. The molecule has 2 saturated carbocycles. The molecular weight excluding hydrogens is 218 g/mol. The second kappa shape index (κ2) is 4.31. The summed E-state index contributed by atoms with van der Waals surface area (Å²) >= 11 is 0. The molecule has 1 amide bonds. The van der Waals surface area contributed by atoms with Crippen molar-refractivity contribution in [3.8, 4) is 0 Å². The fraction of sp³-hybridized carbons (Fsp3) is 0.846.